The van der Waals surface area contributed by atoms with Gasteiger partial charge in [0.2, 0.25) is 0 Å². The van der Waals surface area contributed by atoms with Gasteiger partial charge in [-0.15, -0.1) is 0 Å². The van der Waals surface area contributed by atoms with E-state index in [1.54, 1.807) is 11.6 Å². The first-order valence-electron chi connectivity index (χ1n) is 8.62. The van der Waals surface area contributed by atoms with Crippen LogP contribution in [0.5, 0.6) is 0 Å². The molecule has 1 saturated heterocycles. The number of pyridine rings is 1. The van der Waals surface area contributed by atoms with Gasteiger partial charge in [-0.25, -0.2) is 5.48 Å². The summed E-state index contributed by atoms with van der Waals surface area (Å²) in [5, 5.41) is 8.50. The van der Waals surface area contributed by atoms with Gasteiger partial charge in [-0.2, -0.15) is 0 Å². The van der Waals surface area contributed by atoms with Crippen LogP contribution in [0.1, 0.15) is 35.7 Å². The van der Waals surface area contributed by atoms with Crippen LogP contribution in [-0.2, 0) is 11.2 Å². The molecular weight excluding hydrogens is 314 g/mol. The van der Waals surface area contributed by atoms with Crippen molar-refractivity contribution in [3.05, 3.63) is 71.6 Å². The Kier molecular flexibility index (Phi) is 5.93. The molecule has 2 N–H and O–H groups in total. The summed E-state index contributed by atoms with van der Waals surface area (Å²) in [5.74, 6) is -0.527. The minimum atomic E-state index is -0.527. The second-order valence-electron chi connectivity index (χ2n) is 6.24. The van der Waals surface area contributed by atoms with Crippen LogP contribution in [0.15, 0.2) is 54.7 Å². The molecular formula is C20H23N3O2. The average molecular weight is 337 g/mol. The number of amides is 1. The van der Waals surface area contributed by atoms with Gasteiger partial charge in [0.25, 0.3) is 5.91 Å². The maximum Gasteiger partial charge on any atom is 0.267 e. The molecule has 5 nitrogen and oxygen atoms in total. The molecule has 2 aromatic rings. The van der Waals surface area contributed by atoms with Gasteiger partial charge in [0.15, 0.2) is 0 Å². The van der Waals surface area contributed by atoms with E-state index in [1.165, 1.54) is 24.5 Å². The smallest absolute Gasteiger partial charge is 0.267 e. The molecule has 3 rings (SSSR count). The number of benzene rings is 1. The van der Waals surface area contributed by atoms with E-state index < -0.39 is 5.91 Å². The van der Waals surface area contributed by atoms with Crippen LogP contribution in [0.3, 0.4) is 0 Å². The van der Waals surface area contributed by atoms with Crippen LogP contribution in [0, 0.1) is 0 Å². The van der Waals surface area contributed by atoms with Gasteiger partial charge in [0.05, 0.1) is 0 Å². The first kappa shape index (κ1) is 17.3. The van der Waals surface area contributed by atoms with Gasteiger partial charge in [-0.05, 0) is 48.7 Å². The van der Waals surface area contributed by atoms with E-state index in [0.29, 0.717) is 6.04 Å². The summed E-state index contributed by atoms with van der Waals surface area (Å²) >= 11 is 0. The molecule has 2 heterocycles. The molecule has 1 aliphatic rings. The third-order valence-electron chi connectivity index (χ3n) is 4.60. The van der Waals surface area contributed by atoms with E-state index in [-0.39, 0.29) is 0 Å². The Morgan fingerprint density at radius 1 is 1.28 bits per heavy atom. The quantitative estimate of drug-likeness (QED) is 0.483. The SMILES string of the molecule is O=C(/C=C/c1ccc(C2CCCN2CCc2ccccn2)cc1)NO. The Labute approximate surface area is 148 Å². The lowest BCUT2D eigenvalue weighted by Crippen LogP contribution is -2.25. The van der Waals surface area contributed by atoms with Gasteiger partial charge >= 0.3 is 0 Å². The molecule has 0 radical (unpaired) electrons. The van der Waals surface area contributed by atoms with Crippen LogP contribution in [0.4, 0.5) is 0 Å². The number of likely N-dealkylation sites (tertiary alicyclic amines) is 1. The molecule has 25 heavy (non-hydrogen) atoms. The highest BCUT2D eigenvalue weighted by atomic mass is 16.5. The lowest BCUT2D eigenvalue weighted by Gasteiger charge is -2.24. The van der Waals surface area contributed by atoms with Crippen molar-refractivity contribution in [2.24, 2.45) is 0 Å². The standard InChI is InChI=1S/C20H23N3O2/c24-20(22-25)11-8-16-6-9-17(10-7-16)19-5-3-14-23(19)15-12-18-4-1-2-13-21-18/h1-2,4,6-11,13,19,25H,3,5,12,14-15H2,(H,22,24)/b11-8+. The highest BCUT2D eigenvalue weighted by Crippen LogP contribution is 2.32. The molecule has 1 aliphatic heterocycles. The molecule has 0 aliphatic carbocycles. The normalized spacial score (nSPS) is 17.9. The minimum Gasteiger partial charge on any atom is -0.296 e. The number of rotatable bonds is 6. The number of nitrogens with zero attached hydrogens (tertiary/aromatic N) is 2. The highest BCUT2D eigenvalue weighted by Gasteiger charge is 2.25. The van der Waals surface area contributed by atoms with Gasteiger partial charge in [0.1, 0.15) is 0 Å². The van der Waals surface area contributed by atoms with Crippen molar-refractivity contribution < 1.29 is 10.0 Å². The van der Waals surface area contributed by atoms with E-state index in [9.17, 15) is 4.79 Å². The van der Waals surface area contributed by atoms with E-state index in [4.69, 9.17) is 5.21 Å². The number of nitrogens with one attached hydrogen (secondary N) is 1. The summed E-state index contributed by atoms with van der Waals surface area (Å²) < 4.78 is 0. The number of carbonyl (C=O) groups is 1. The second-order valence-corrected chi connectivity index (χ2v) is 6.24. The molecule has 1 unspecified atom stereocenters. The minimum absolute atomic E-state index is 0.447. The number of aromatic nitrogens is 1. The molecule has 130 valence electrons. The average Bonchev–Trinajstić information content (AvgIpc) is 3.14. The predicted molar refractivity (Wildman–Crippen MR) is 96.9 cm³/mol. The van der Waals surface area contributed by atoms with Crippen LogP contribution in [0.2, 0.25) is 0 Å². The van der Waals surface area contributed by atoms with Gasteiger partial charge < -0.3 is 0 Å². The molecule has 1 amide bonds. The van der Waals surface area contributed by atoms with Gasteiger partial charge in [-0.1, -0.05) is 30.3 Å². The van der Waals surface area contributed by atoms with Crippen LogP contribution in [0.25, 0.3) is 6.08 Å². The van der Waals surface area contributed by atoms with Crippen molar-refractivity contribution >= 4 is 12.0 Å². The van der Waals surface area contributed by atoms with Crippen LogP contribution in [-0.4, -0.2) is 34.1 Å². The number of carbonyl (C=O) groups excluding carboxylic acids is 1. The number of hydroxylamine groups is 1. The van der Waals surface area contributed by atoms with Crippen molar-refractivity contribution in [2.75, 3.05) is 13.1 Å². The van der Waals surface area contributed by atoms with E-state index in [1.807, 2.05) is 30.5 Å². The fourth-order valence-electron chi connectivity index (χ4n) is 3.31. The zero-order valence-electron chi connectivity index (χ0n) is 14.1. The molecule has 1 aromatic heterocycles. The van der Waals surface area contributed by atoms with Gasteiger partial charge in [0, 0.05) is 37.0 Å². The summed E-state index contributed by atoms with van der Waals surface area (Å²) in [6, 6.07) is 14.8. The summed E-state index contributed by atoms with van der Waals surface area (Å²) in [6.07, 6.45) is 8.19. The van der Waals surface area contributed by atoms with Crippen molar-refractivity contribution in [1.29, 1.82) is 0 Å². The predicted octanol–water partition coefficient (Wildman–Crippen LogP) is 2.98. The molecule has 0 bridgehead atoms. The zero-order chi connectivity index (χ0) is 17.5. The first-order chi connectivity index (χ1) is 12.3. The lowest BCUT2D eigenvalue weighted by molar-refractivity contribution is -0.124. The summed E-state index contributed by atoms with van der Waals surface area (Å²) in [7, 11) is 0. The van der Waals surface area contributed by atoms with Crippen molar-refractivity contribution in [1.82, 2.24) is 15.4 Å². The van der Waals surface area contributed by atoms with E-state index in [0.717, 1.165) is 30.8 Å². The maximum atomic E-state index is 11.0. The molecule has 1 atom stereocenters. The largest absolute Gasteiger partial charge is 0.296 e. The monoisotopic (exact) mass is 337 g/mol. The molecule has 0 spiro atoms. The molecule has 1 fully saturated rings. The molecule has 0 saturated carbocycles. The fraction of sp³-hybridized carbons (Fsp3) is 0.300. The third-order valence-corrected chi connectivity index (χ3v) is 4.60. The zero-order valence-corrected chi connectivity index (χ0v) is 14.1. The highest BCUT2D eigenvalue weighted by molar-refractivity contribution is 5.90. The van der Waals surface area contributed by atoms with E-state index in [2.05, 4.69) is 28.1 Å². The summed E-state index contributed by atoms with van der Waals surface area (Å²) in [5.41, 5.74) is 4.97. The van der Waals surface area contributed by atoms with Crippen molar-refractivity contribution in [2.45, 2.75) is 25.3 Å². The van der Waals surface area contributed by atoms with Crippen LogP contribution >= 0.6 is 0 Å². The van der Waals surface area contributed by atoms with Crippen LogP contribution < -0.4 is 5.48 Å². The van der Waals surface area contributed by atoms with Gasteiger partial charge in [-0.3, -0.25) is 19.9 Å². The Morgan fingerprint density at radius 3 is 2.84 bits per heavy atom. The summed E-state index contributed by atoms with van der Waals surface area (Å²) in [6.45, 7) is 2.13. The number of hydrogen-bond acceptors (Lipinski definition) is 4. The van der Waals surface area contributed by atoms with Crippen molar-refractivity contribution in [3.63, 3.8) is 0 Å². The first-order valence-corrected chi connectivity index (χ1v) is 8.62. The van der Waals surface area contributed by atoms with Crippen molar-refractivity contribution in [3.8, 4) is 0 Å². The fourth-order valence-corrected chi connectivity index (χ4v) is 3.31. The molecule has 1 aromatic carbocycles. The Morgan fingerprint density at radius 2 is 2.12 bits per heavy atom. The maximum absolute atomic E-state index is 11.0. The Hall–Kier alpha value is -2.50. The lowest BCUT2D eigenvalue weighted by atomic mass is 10.0. The third kappa shape index (κ3) is 4.75. The second kappa shape index (κ2) is 8.55. The number of hydrogen-bond donors (Lipinski definition) is 2. The summed E-state index contributed by atoms with van der Waals surface area (Å²) in [4.78, 5) is 18.0. The Balaban J connectivity index is 1.61. The Bertz CT molecular complexity index is 713. The topological polar surface area (TPSA) is 65.5 Å². The van der Waals surface area contributed by atoms with E-state index >= 15 is 0 Å². The molecule has 5 heteroatoms.